The minimum atomic E-state index is -0.502. The molecule has 6 aromatic rings. The van der Waals surface area contributed by atoms with E-state index in [1.807, 2.05) is 106 Å². The summed E-state index contributed by atoms with van der Waals surface area (Å²) >= 11 is 0. The van der Waals surface area contributed by atoms with Crippen molar-refractivity contribution in [3.05, 3.63) is 125 Å². The number of hydrogen-bond donors (Lipinski definition) is 0. The van der Waals surface area contributed by atoms with Gasteiger partial charge < -0.3 is 14.2 Å². The monoisotopic (exact) mass is 555 g/mol. The molecule has 0 N–H and O–H groups in total. The first-order chi connectivity index (χ1) is 20.4. The van der Waals surface area contributed by atoms with E-state index in [0.717, 1.165) is 16.3 Å². The Labute approximate surface area is 243 Å². The number of ether oxygens (including phenoxy) is 3. The lowest BCUT2D eigenvalue weighted by molar-refractivity contribution is 0.0472. The van der Waals surface area contributed by atoms with Gasteiger partial charge in [-0.2, -0.15) is 0 Å². The van der Waals surface area contributed by atoms with E-state index in [4.69, 9.17) is 19.2 Å². The van der Waals surface area contributed by atoms with Crippen molar-refractivity contribution in [3.8, 4) is 11.5 Å². The fourth-order valence-corrected chi connectivity index (χ4v) is 5.27. The normalized spacial score (nSPS) is 11.1. The van der Waals surface area contributed by atoms with Crippen LogP contribution in [0.25, 0.3) is 32.6 Å². The van der Waals surface area contributed by atoms with Gasteiger partial charge in [-0.15, -0.1) is 0 Å². The quantitative estimate of drug-likeness (QED) is 0.112. The number of carbonyl (C=O) groups excluding carboxylic acids is 2. The number of aromatic nitrogens is 1. The minimum Gasteiger partial charge on any atom is -0.494 e. The first-order valence-electron chi connectivity index (χ1n) is 13.8. The van der Waals surface area contributed by atoms with Crippen LogP contribution in [-0.4, -0.2) is 23.5 Å². The van der Waals surface area contributed by atoms with Crippen LogP contribution in [0.5, 0.6) is 11.5 Å². The number of nitrogens with zero attached hydrogens (tertiary/aromatic N) is 1. The number of aryl methyl sites for hydroxylation is 2. The van der Waals surface area contributed by atoms with Crippen LogP contribution in [0.3, 0.4) is 0 Å². The van der Waals surface area contributed by atoms with E-state index in [1.54, 1.807) is 12.1 Å². The highest BCUT2D eigenvalue weighted by molar-refractivity contribution is 6.17. The molecule has 0 atom stereocenters. The van der Waals surface area contributed by atoms with Gasteiger partial charge in [-0.1, -0.05) is 54.6 Å². The van der Waals surface area contributed by atoms with Gasteiger partial charge in [0.2, 0.25) is 0 Å². The molecule has 5 aromatic carbocycles. The molecule has 0 radical (unpaired) electrons. The third-order valence-electron chi connectivity index (χ3n) is 7.23. The Bertz CT molecular complexity index is 1960. The van der Waals surface area contributed by atoms with Gasteiger partial charge in [-0.05, 0) is 84.6 Å². The molecule has 1 aromatic heterocycles. The van der Waals surface area contributed by atoms with E-state index in [0.29, 0.717) is 62.2 Å². The smallest absolute Gasteiger partial charge is 0.344 e. The van der Waals surface area contributed by atoms with Gasteiger partial charge >= 0.3 is 11.9 Å². The molecule has 42 heavy (non-hydrogen) atoms. The molecule has 0 amide bonds. The minimum absolute atomic E-state index is 0.177. The van der Waals surface area contributed by atoms with Gasteiger partial charge in [-0.25, -0.2) is 14.6 Å². The summed E-state index contributed by atoms with van der Waals surface area (Å²) in [6.07, 6.45) is 0. The predicted molar refractivity (Wildman–Crippen MR) is 164 cm³/mol. The van der Waals surface area contributed by atoms with Crippen molar-refractivity contribution in [1.29, 1.82) is 0 Å². The molecular weight excluding hydrogens is 526 g/mol. The van der Waals surface area contributed by atoms with Gasteiger partial charge in [0.25, 0.3) is 0 Å². The fraction of sp³-hybridized carbons (Fsp3) is 0.139. The molecule has 6 nitrogen and oxygen atoms in total. The Morgan fingerprint density at radius 2 is 1.38 bits per heavy atom. The van der Waals surface area contributed by atoms with Crippen molar-refractivity contribution in [2.45, 2.75) is 27.4 Å². The zero-order chi connectivity index (χ0) is 29.2. The second-order valence-corrected chi connectivity index (χ2v) is 10.2. The largest absolute Gasteiger partial charge is 0.494 e. The second-order valence-electron chi connectivity index (χ2n) is 10.2. The standard InChI is InChI=1S/C36H29NO5/c1-4-40-28-14-15-29-32(20-28)37-31-19-26-13-9-8-12-25(26)18-30(31)33(29)36(39)42-34-22(2)16-27(17-23(34)3)35(38)41-21-24-10-6-5-7-11-24/h5-20H,4,21H2,1-3H3. The van der Waals surface area contributed by atoms with Gasteiger partial charge in [-0.3, -0.25) is 0 Å². The summed E-state index contributed by atoms with van der Waals surface area (Å²) < 4.78 is 17.3. The summed E-state index contributed by atoms with van der Waals surface area (Å²) in [7, 11) is 0. The average Bonchev–Trinajstić information content (AvgIpc) is 3.00. The molecule has 0 aliphatic carbocycles. The fourth-order valence-electron chi connectivity index (χ4n) is 5.27. The zero-order valence-corrected chi connectivity index (χ0v) is 23.6. The van der Waals surface area contributed by atoms with Crippen LogP contribution in [0.4, 0.5) is 0 Å². The van der Waals surface area contributed by atoms with Crippen molar-refractivity contribution in [3.63, 3.8) is 0 Å². The molecule has 0 bridgehead atoms. The van der Waals surface area contributed by atoms with Crippen LogP contribution in [0, 0.1) is 13.8 Å². The van der Waals surface area contributed by atoms with Crippen LogP contribution in [0.1, 0.15) is 44.3 Å². The van der Waals surface area contributed by atoms with Crippen LogP contribution in [-0.2, 0) is 11.3 Å². The van der Waals surface area contributed by atoms with E-state index in [1.165, 1.54) is 0 Å². The maximum atomic E-state index is 14.0. The van der Waals surface area contributed by atoms with Gasteiger partial charge in [0, 0.05) is 16.8 Å². The highest BCUT2D eigenvalue weighted by atomic mass is 16.5. The molecule has 208 valence electrons. The maximum Gasteiger partial charge on any atom is 0.344 e. The van der Waals surface area contributed by atoms with Crippen molar-refractivity contribution in [2.24, 2.45) is 0 Å². The lowest BCUT2D eigenvalue weighted by Gasteiger charge is -2.16. The van der Waals surface area contributed by atoms with Crippen LogP contribution in [0.2, 0.25) is 0 Å². The van der Waals surface area contributed by atoms with E-state index in [2.05, 4.69) is 0 Å². The molecule has 0 aliphatic rings. The summed E-state index contributed by atoms with van der Waals surface area (Å²) in [6.45, 7) is 6.25. The van der Waals surface area contributed by atoms with Crippen molar-refractivity contribution < 1.29 is 23.8 Å². The summed E-state index contributed by atoms with van der Waals surface area (Å²) in [4.78, 5) is 31.7. The highest BCUT2D eigenvalue weighted by Crippen LogP contribution is 2.34. The molecule has 0 saturated heterocycles. The Hall–Kier alpha value is -5.23. The summed E-state index contributed by atoms with van der Waals surface area (Å²) in [5.74, 6) is 0.145. The number of carbonyl (C=O) groups is 2. The van der Waals surface area contributed by atoms with Crippen LogP contribution < -0.4 is 9.47 Å². The number of hydrogen-bond acceptors (Lipinski definition) is 6. The van der Waals surface area contributed by atoms with Crippen LogP contribution in [0.15, 0.2) is 97.1 Å². The molecule has 0 fully saturated rings. The van der Waals surface area contributed by atoms with Gasteiger partial charge in [0.1, 0.15) is 18.1 Å². The molecular formula is C36H29NO5. The zero-order valence-electron chi connectivity index (χ0n) is 23.6. The van der Waals surface area contributed by atoms with E-state index >= 15 is 0 Å². The number of rotatable bonds is 7. The number of pyridine rings is 1. The number of fused-ring (bicyclic) bond motifs is 3. The van der Waals surface area contributed by atoms with Gasteiger partial charge in [0.15, 0.2) is 0 Å². The number of esters is 2. The Morgan fingerprint density at radius 1 is 0.714 bits per heavy atom. The molecule has 0 saturated carbocycles. The van der Waals surface area contributed by atoms with Crippen molar-refractivity contribution in [2.75, 3.05) is 6.61 Å². The molecule has 0 unspecified atom stereocenters. The first kappa shape index (κ1) is 27.0. The second kappa shape index (κ2) is 11.3. The average molecular weight is 556 g/mol. The third-order valence-corrected chi connectivity index (χ3v) is 7.23. The third kappa shape index (κ3) is 5.27. The van der Waals surface area contributed by atoms with Crippen molar-refractivity contribution in [1.82, 2.24) is 4.98 Å². The van der Waals surface area contributed by atoms with E-state index in [-0.39, 0.29) is 6.61 Å². The first-order valence-corrected chi connectivity index (χ1v) is 13.8. The van der Waals surface area contributed by atoms with E-state index in [9.17, 15) is 9.59 Å². The molecule has 6 rings (SSSR count). The molecule has 1 heterocycles. The summed E-state index contributed by atoms with van der Waals surface area (Å²) in [5.41, 5.74) is 4.36. The SMILES string of the molecule is CCOc1ccc2c(C(=O)Oc3c(C)cc(C(=O)OCc4ccccc4)cc3C)c3cc4ccccc4cc3nc2c1. The van der Waals surface area contributed by atoms with Crippen LogP contribution >= 0.6 is 0 Å². The summed E-state index contributed by atoms with van der Waals surface area (Å²) in [6, 6.07) is 30.4. The Balaban J connectivity index is 1.38. The topological polar surface area (TPSA) is 74.7 Å². The lowest BCUT2D eigenvalue weighted by atomic mass is 9.99. The Kier molecular flexibility index (Phi) is 7.28. The van der Waals surface area contributed by atoms with Gasteiger partial charge in [0.05, 0.1) is 28.8 Å². The maximum absolute atomic E-state index is 14.0. The predicted octanol–water partition coefficient (Wildman–Crippen LogP) is 8.13. The van der Waals surface area contributed by atoms with E-state index < -0.39 is 11.9 Å². The molecule has 0 aliphatic heterocycles. The Morgan fingerprint density at radius 3 is 2.10 bits per heavy atom. The van der Waals surface area contributed by atoms with Crippen molar-refractivity contribution >= 4 is 44.5 Å². The number of benzene rings is 5. The highest BCUT2D eigenvalue weighted by Gasteiger charge is 2.22. The summed E-state index contributed by atoms with van der Waals surface area (Å²) in [5, 5.41) is 3.39. The molecule has 6 heteroatoms. The molecule has 0 spiro atoms. The lowest BCUT2D eigenvalue weighted by Crippen LogP contribution is -2.13.